The molecule has 27 heavy (non-hydrogen) atoms. The van der Waals surface area contributed by atoms with Gasteiger partial charge in [-0.05, 0) is 24.6 Å². The molecule has 0 atom stereocenters. The summed E-state index contributed by atoms with van der Waals surface area (Å²) in [7, 11) is 0. The van der Waals surface area contributed by atoms with E-state index < -0.39 is 11.2 Å². The second-order valence-corrected chi connectivity index (χ2v) is 6.98. The van der Waals surface area contributed by atoms with Crippen molar-refractivity contribution in [1.82, 2.24) is 9.97 Å². The normalized spacial score (nSPS) is 11.3. The van der Waals surface area contributed by atoms with E-state index in [2.05, 4.69) is 16.9 Å². The molecule has 0 aliphatic carbocycles. The molecule has 2 heterocycles. The molecule has 6 nitrogen and oxygen atoms in total. The highest BCUT2D eigenvalue weighted by Crippen LogP contribution is 2.35. The van der Waals surface area contributed by atoms with Gasteiger partial charge in [0.1, 0.15) is 16.3 Å². The van der Waals surface area contributed by atoms with Gasteiger partial charge >= 0.3 is 5.69 Å². The molecule has 0 saturated carbocycles. The average Bonchev–Trinajstić information content (AvgIpc) is 2.65. The number of ether oxygens (including phenoxy) is 1. The summed E-state index contributed by atoms with van der Waals surface area (Å²) in [6.45, 7) is 2.79. The summed E-state index contributed by atoms with van der Waals surface area (Å²) in [5, 5.41) is 0.952. The highest BCUT2D eigenvalue weighted by atomic mass is 35.5. The molecule has 2 aliphatic heterocycles. The Morgan fingerprint density at radius 3 is 2.63 bits per heavy atom. The zero-order valence-electron chi connectivity index (χ0n) is 15.3. The number of unbranched alkanes of at least 4 members (excludes halogenated alkanes) is 6. The Bertz CT molecular complexity index is 995. The molecule has 1 aromatic carbocycles. The van der Waals surface area contributed by atoms with Gasteiger partial charge in [0, 0.05) is 5.39 Å². The van der Waals surface area contributed by atoms with Gasteiger partial charge in [-0.1, -0.05) is 57.0 Å². The van der Waals surface area contributed by atoms with Crippen molar-refractivity contribution in [3.8, 4) is 17.2 Å². The molecule has 2 aliphatic rings. The zero-order chi connectivity index (χ0) is 19.2. The fraction of sp³-hybridized carbons (Fsp3) is 0.450. The van der Waals surface area contributed by atoms with Crippen LogP contribution in [0.2, 0.25) is 5.02 Å². The lowest BCUT2D eigenvalue weighted by atomic mass is 10.1. The van der Waals surface area contributed by atoms with Crippen LogP contribution in [0.25, 0.3) is 22.4 Å². The predicted molar refractivity (Wildman–Crippen MR) is 106 cm³/mol. The van der Waals surface area contributed by atoms with Crippen LogP contribution in [0.4, 0.5) is 0 Å². The number of benzene rings is 1. The van der Waals surface area contributed by atoms with Gasteiger partial charge in [-0.3, -0.25) is 9.78 Å². The van der Waals surface area contributed by atoms with Crippen LogP contribution >= 0.6 is 11.6 Å². The van der Waals surface area contributed by atoms with Crippen molar-refractivity contribution in [3.05, 3.63) is 44.1 Å². The first-order chi connectivity index (χ1) is 13.1. The monoisotopic (exact) mass is 390 g/mol. The van der Waals surface area contributed by atoms with Crippen LogP contribution in [0.5, 0.6) is 5.75 Å². The molecule has 144 valence electrons. The maximum Gasteiger partial charge on any atom is 0.351 e. The summed E-state index contributed by atoms with van der Waals surface area (Å²) in [6, 6.07) is 5.14. The molecule has 0 saturated heterocycles. The van der Waals surface area contributed by atoms with E-state index in [1.807, 2.05) is 0 Å². The van der Waals surface area contributed by atoms with Gasteiger partial charge in [-0.2, -0.15) is 4.98 Å². The molecule has 1 aromatic rings. The predicted octanol–water partition coefficient (Wildman–Crippen LogP) is 4.76. The Hall–Kier alpha value is -2.34. The van der Waals surface area contributed by atoms with E-state index in [-0.39, 0.29) is 11.5 Å². The van der Waals surface area contributed by atoms with E-state index in [1.54, 1.807) is 18.2 Å². The Balaban J connectivity index is 1.70. The molecule has 0 unspecified atom stereocenters. The van der Waals surface area contributed by atoms with E-state index in [4.69, 9.17) is 20.8 Å². The van der Waals surface area contributed by atoms with Crippen LogP contribution < -0.4 is 16.0 Å². The first-order valence-corrected chi connectivity index (χ1v) is 9.77. The minimum Gasteiger partial charge on any atom is -0.492 e. The number of nitrogens with one attached hydrogen (secondary N) is 1. The number of rotatable bonds is 9. The number of halogens is 1. The van der Waals surface area contributed by atoms with Crippen molar-refractivity contribution in [2.24, 2.45) is 0 Å². The summed E-state index contributed by atoms with van der Waals surface area (Å²) in [4.78, 5) is 29.1. The molecule has 0 amide bonds. The minimum absolute atomic E-state index is 0.0395. The Labute approximate surface area is 161 Å². The molecule has 3 rings (SSSR count). The minimum atomic E-state index is -0.752. The highest BCUT2D eigenvalue weighted by molar-refractivity contribution is 6.36. The fourth-order valence-corrected chi connectivity index (χ4v) is 3.29. The van der Waals surface area contributed by atoms with Crippen LogP contribution in [0, 0.1) is 0 Å². The lowest BCUT2D eigenvalue weighted by molar-refractivity contribution is 0.304. The quantitative estimate of drug-likeness (QED) is 0.420. The van der Waals surface area contributed by atoms with Crippen LogP contribution in [-0.2, 0) is 0 Å². The van der Waals surface area contributed by atoms with Gasteiger partial charge in [0.15, 0.2) is 5.58 Å². The van der Waals surface area contributed by atoms with E-state index in [1.165, 1.54) is 32.1 Å². The Morgan fingerprint density at radius 2 is 1.85 bits per heavy atom. The van der Waals surface area contributed by atoms with E-state index in [0.717, 1.165) is 12.8 Å². The number of nitrogens with zero attached hydrogens (tertiary/aromatic N) is 1. The van der Waals surface area contributed by atoms with Gasteiger partial charge in [-0.15, -0.1) is 0 Å². The Kier molecular flexibility index (Phi) is 6.50. The third kappa shape index (κ3) is 4.69. The van der Waals surface area contributed by atoms with Crippen LogP contribution in [0.3, 0.4) is 0 Å². The van der Waals surface area contributed by atoms with E-state index in [0.29, 0.717) is 28.3 Å². The standard InChI is InChI=1S/C20H23ClN2O4/c1-2-3-4-5-6-7-8-11-26-15-10-9-13-12-14-18(24)22-20(25)23-19(14)27-17(13)16(15)21/h9-10,12H,2-8,11H2,1H3,(H,22,24,25). The molecule has 0 radical (unpaired) electrons. The van der Waals surface area contributed by atoms with Gasteiger partial charge in [0.05, 0.1) is 6.61 Å². The van der Waals surface area contributed by atoms with Crippen LogP contribution in [0.1, 0.15) is 51.9 Å². The molecule has 0 aromatic heterocycles. The number of fused-ring (bicyclic) bond motifs is 2. The summed E-state index contributed by atoms with van der Waals surface area (Å²) < 4.78 is 11.4. The first kappa shape index (κ1) is 19.4. The van der Waals surface area contributed by atoms with Crippen LogP contribution in [0.15, 0.2) is 32.2 Å². The number of hydrogen-bond acceptors (Lipinski definition) is 5. The summed E-state index contributed by atoms with van der Waals surface area (Å²) >= 11 is 6.41. The number of H-pyrrole nitrogens is 1. The number of aromatic amines is 1. The molecule has 0 spiro atoms. The van der Waals surface area contributed by atoms with Gasteiger partial charge in [-0.25, -0.2) is 4.79 Å². The maximum absolute atomic E-state index is 11.9. The molecule has 0 bridgehead atoms. The topological polar surface area (TPSA) is 85.2 Å². The fourth-order valence-electron chi connectivity index (χ4n) is 3.02. The van der Waals surface area contributed by atoms with Gasteiger partial charge in [0.25, 0.3) is 5.56 Å². The zero-order valence-corrected chi connectivity index (χ0v) is 16.1. The SMILES string of the molecule is CCCCCCCCCOc1ccc2cc3c(=O)[nH]c(=O)nc-3oc2c1Cl. The lowest BCUT2D eigenvalue weighted by Crippen LogP contribution is -2.24. The highest BCUT2D eigenvalue weighted by Gasteiger charge is 2.17. The first-order valence-electron chi connectivity index (χ1n) is 9.39. The van der Waals surface area contributed by atoms with E-state index >= 15 is 0 Å². The van der Waals surface area contributed by atoms with Gasteiger partial charge < -0.3 is 9.15 Å². The third-order valence-electron chi connectivity index (χ3n) is 4.49. The van der Waals surface area contributed by atoms with Crippen molar-refractivity contribution in [2.45, 2.75) is 51.9 Å². The summed E-state index contributed by atoms with van der Waals surface area (Å²) in [6.07, 6.45) is 8.43. The second kappa shape index (κ2) is 9.04. The largest absolute Gasteiger partial charge is 0.492 e. The van der Waals surface area contributed by atoms with Crippen molar-refractivity contribution >= 4 is 22.6 Å². The third-order valence-corrected chi connectivity index (χ3v) is 4.85. The second-order valence-electron chi connectivity index (χ2n) is 6.60. The van der Waals surface area contributed by atoms with Crippen molar-refractivity contribution in [2.75, 3.05) is 6.61 Å². The molecular weight excluding hydrogens is 368 g/mol. The molecule has 7 heteroatoms. The smallest absolute Gasteiger partial charge is 0.351 e. The van der Waals surface area contributed by atoms with Crippen molar-refractivity contribution in [1.29, 1.82) is 0 Å². The lowest BCUT2D eigenvalue weighted by Gasteiger charge is -2.11. The Morgan fingerprint density at radius 1 is 1.11 bits per heavy atom. The van der Waals surface area contributed by atoms with E-state index in [9.17, 15) is 9.59 Å². The van der Waals surface area contributed by atoms with Crippen molar-refractivity contribution < 1.29 is 9.15 Å². The average molecular weight is 391 g/mol. The summed E-state index contributed by atoms with van der Waals surface area (Å²) in [5.41, 5.74) is -0.738. The molecule has 0 fully saturated rings. The van der Waals surface area contributed by atoms with Crippen LogP contribution in [-0.4, -0.2) is 16.6 Å². The number of aromatic nitrogens is 2. The van der Waals surface area contributed by atoms with Gasteiger partial charge in [0.2, 0.25) is 5.89 Å². The van der Waals surface area contributed by atoms with Crippen molar-refractivity contribution in [3.63, 3.8) is 0 Å². The molecular formula is C20H23ClN2O4. The maximum atomic E-state index is 11.9. The summed E-state index contributed by atoms with van der Waals surface area (Å²) in [5.74, 6) is 0.479. The number of hydrogen-bond donors (Lipinski definition) is 1. The molecule has 1 N–H and O–H groups in total.